The largest absolute Gasteiger partial charge is 0.467 e. The van der Waals surface area contributed by atoms with Crippen molar-refractivity contribution in [3.8, 4) is 0 Å². The summed E-state index contributed by atoms with van der Waals surface area (Å²) in [6.07, 6.45) is 2.68. The van der Waals surface area contributed by atoms with Crippen LogP contribution in [0.2, 0.25) is 0 Å². The summed E-state index contributed by atoms with van der Waals surface area (Å²) in [6.45, 7) is 0.138. The molecule has 9 nitrogen and oxygen atoms in total. The van der Waals surface area contributed by atoms with Crippen LogP contribution < -0.4 is 11.4 Å². The lowest BCUT2D eigenvalue weighted by Gasteiger charge is -2.01. The van der Waals surface area contributed by atoms with Crippen LogP contribution in [0.25, 0.3) is 5.65 Å². The summed E-state index contributed by atoms with van der Waals surface area (Å²) in [5.74, 6) is -0.203. The molecule has 0 radical (unpaired) electrons. The minimum absolute atomic E-state index is 0.0354. The van der Waals surface area contributed by atoms with Crippen molar-refractivity contribution >= 4 is 11.6 Å². The number of imidazole rings is 1. The molecule has 0 saturated carbocycles. The molecule has 0 unspecified atom stereocenters. The van der Waals surface area contributed by atoms with Crippen LogP contribution in [0.1, 0.15) is 16.2 Å². The number of furan rings is 1. The van der Waals surface area contributed by atoms with E-state index in [1.165, 1.54) is 12.6 Å². The lowest BCUT2D eigenvalue weighted by atomic mass is 10.4. The molecule has 3 aromatic rings. The summed E-state index contributed by atoms with van der Waals surface area (Å²) < 4.78 is 7.32. The van der Waals surface area contributed by atoms with Crippen molar-refractivity contribution in [2.45, 2.75) is 6.54 Å². The Balaban J connectivity index is 2.12. The quantitative estimate of drug-likeness (QED) is 0.646. The van der Waals surface area contributed by atoms with Gasteiger partial charge in [-0.15, -0.1) is 5.10 Å². The third kappa shape index (κ3) is 1.76. The molecule has 0 bridgehead atoms. The predicted molar refractivity (Wildman–Crippen MR) is 61.4 cm³/mol. The maximum Gasteiger partial charge on any atom is 0.353 e. The highest BCUT2D eigenvalue weighted by atomic mass is 16.3. The summed E-state index contributed by atoms with van der Waals surface area (Å²) >= 11 is 0. The second kappa shape index (κ2) is 4.05. The van der Waals surface area contributed by atoms with Crippen molar-refractivity contribution in [1.82, 2.24) is 24.4 Å². The van der Waals surface area contributed by atoms with Gasteiger partial charge in [0.2, 0.25) is 0 Å². The number of primary amides is 1. The molecule has 0 aromatic carbocycles. The van der Waals surface area contributed by atoms with E-state index in [0.717, 1.165) is 9.08 Å². The van der Waals surface area contributed by atoms with Gasteiger partial charge in [0.05, 0.1) is 6.26 Å². The van der Waals surface area contributed by atoms with E-state index in [1.54, 1.807) is 12.1 Å². The maximum absolute atomic E-state index is 12.1. The molecule has 2 N–H and O–H groups in total. The first-order valence-electron chi connectivity index (χ1n) is 5.30. The fraction of sp³-hybridized carbons (Fsp3) is 0.100. The molecule has 3 heterocycles. The van der Waals surface area contributed by atoms with Gasteiger partial charge < -0.3 is 10.2 Å². The minimum Gasteiger partial charge on any atom is -0.467 e. The monoisotopic (exact) mass is 260 g/mol. The number of hydrogen-bond acceptors (Lipinski definition) is 6. The number of nitrogens with zero attached hydrogens (tertiary/aromatic N) is 5. The molecule has 96 valence electrons. The molecule has 3 rings (SSSR count). The lowest BCUT2D eigenvalue weighted by Crippen LogP contribution is -2.30. The van der Waals surface area contributed by atoms with Gasteiger partial charge in [-0.3, -0.25) is 4.79 Å². The van der Waals surface area contributed by atoms with Crippen LogP contribution in [0, 0.1) is 0 Å². The number of rotatable bonds is 3. The topological polar surface area (TPSA) is 121 Å². The number of carbonyl (C=O) groups is 1. The van der Waals surface area contributed by atoms with Crippen molar-refractivity contribution in [2.24, 2.45) is 5.73 Å². The third-order valence-electron chi connectivity index (χ3n) is 2.54. The first-order valence-corrected chi connectivity index (χ1v) is 5.30. The van der Waals surface area contributed by atoms with Crippen molar-refractivity contribution in [1.29, 1.82) is 0 Å². The number of nitrogens with two attached hydrogens (primary N) is 1. The van der Waals surface area contributed by atoms with Crippen molar-refractivity contribution in [3.05, 3.63) is 46.7 Å². The van der Waals surface area contributed by atoms with E-state index >= 15 is 0 Å². The van der Waals surface area contributed by atoms with Gasteiger partial charge in [-0.05, 0) is 12.1 Å². The molecule has 3 aromatic heterocycles. The first kappa shape index (κ1) is 11.1. The van der Waals surface area contributed by atoms with Gasteiger partial charge in [0.25, 0.3) is 5.91 Å². The van der Waals surface area contributed by atoms with Crippen LogP contribution in [-0.4, -0.2) is 30.3 Å². The molecule has 0 saturated heterocycles. The average Bonchev–Trinajstić information content (AvgIpc) is 3.01. The molecule has 0 aliphatic rings. The molecule has 0 spiro atoms. The van der Waals surface area contributed by atoms with Crippen LogP contribution in [0.15, 0.2) is 33.9 Å². The van der Waals surface area contributed by atoms with Crippen molar-refractivity contribution in [3.63, 3.8) is 0 Å². The van der Waals surface area contributed by atoms with Crippen LogP contribution in [-0.2, 0) is 6.54 Å². The van der Waals surface area contributed by atoms with Gasteiger partial charge in [-0.25, -0.2) is 14.2 Å². The minimum atomic E-state index is -0.764. The summed E-state index contributed by atoms with van der Waals surface area (Å²) in [5.41, 5.74) is 4.58. The van der Waals surface area contributed by atoms with Crippen LogP contribution in [0.5, 0.6) is 0 Å². The highest BCUT2D eigenvalue weighted by Gasteiger charge is 2.15. The van der Waals surface area contributed by atoms with E-state index < -0.39 is 11.6 Å². The number of amides is 1. The van der Waals surface area contributed by atoms with Gasteiger partial charge in [0, 0.05) is 0 Å². The number of fused-ring (bicyclic) bond motifs is 1. The number of hydrogen-bond donors (Lipinski definition) is 1. The summed E-state index contributed by atoms with van der Waals surface area (Å²) in [5, 5.41) is 7.50. The summed E-state index contributed by atoms with van der Waals surface area (Å²) in [6, 6.07) is 3.41. The van der Waals surface area contributed by atoms with Crippen LogP contribution >= 0.6 is 0 Å². The fourth-order valence-electron chi connectivity index (χ4n) is 1.66. The van der Waals surface area contributed by atoms with E-state index in [4.69, 9.17) is 10.2 Å². The van der Waals surface area contributed by atoms with Gasteiger partial charge in [-0.2, -0.15) is 4.68 Å². The Kier molecular flexibility index (Phi) is 2.37. The molecule has 0 aliphatic carbocycles. The van der Waals surface area contributed by atoms with Crippen LogP contribution in [0.3, 0.4) is 0 Å². The van der Waals surface area contributed by atoms with Gasteiger partial charge >= 0.3 is 5.69 Å². The molecule has 0 aliphatic heterocycles. The summed E-state index contributed by atoms with van der Waals surface area (Å²) in [7, 11) is 0. The maximum atomic E-state index is 12.1. The molecule has 1 amide bonds. The Morgan fingerprint density at radius 2 is 2.32 bits per heavy atom. The standard InChI is InChI=1S/C10H8N6O3/c11-8(17)7-9-13-14-16(4-6-2-1-3-19-6)10(18)15(9)5-12-7/h1-3,5H,4H2,(H2,11,17). The fourth-order valence-corrected chi connectivity index (χ4v) is 1.66. The van der Waals surface area contributed by atoms with Crippen LogP contribution in [0.4, 0.5) is 0 Å². The van der Waals surface area contributed by atoms with Gasteiger partial charge in [0.1, 0.15) is 18.6 Å². The van der Waals surface area contributed by atoms with Gasteiger partial charge in [0.15, 0.2) is 11.3 Å². The zero-order valence-corrected chi connectivity index (χ0v) is 9.55. The van der Waals surface area contributed by atoms with E-state index in [-0.39, 0.29) is 17.9 Å². The Morgan fingerprint density at radius 3 is 3.00 bits per heavy atom. The molecule has 9 heteroatoms. The van der Waals surface area contributed by atoms with Gasteiger partial charge in [-0.1, -0.05) is 5.21 Å². The van der Waals surface area contributed by atoms with Crippen molar-refractivity contribution in [2.75, 3.05) is 0 Å². The van der Waals surface area contributed by atoms with E-state index in [9.17, 15) is 9.59 Å². The second-order valence-corrected chi connectivity index (χ2v) is 3.76. The Morgan fingerprint density at radius 1 is 1.47 bits per heavy atom. The Bertz CT molecular complexity index is 800. The summed E-state index contributed by atoms with van der Waals surface area (Å²) in [4.78, 5) is 26.9. The van der Waals surface area contributed by atoms with Crippen molar-refractivity contribution < 1.29 is 9.21 Å². The molecular weight excluding hydrogens is 252 g/mol. The molecular formula is C10H8N6O3. The number of aromatic nitrogens is 5. The van der Waals surface area contributed by atoms with E-state index in [2.05, 4.69) is 15.3 Å². The predicted octanol–water partition coefficient (Wildman–Crippen LogP) is -0.974. The highest BCUT2D eigenvalue weighted by Crippen LogP contribution is 2.03. The molecule has 0 fully saturated rings. The zero-order valence-electron chi connectivity index (χ0n) is 9.55. The highest BCUT2D eigenvalue weighted by molar-refractivity contribution is 5.96. The molecule has 0 atom stereocenters. The normalized spacial score (nSPS) is 10.9. The van der Waals surface area contributed by atoms with E-state index in [0.29, 0.717) is 5.76 Å². The first-order chi connectivity index (χ1) is 9.16. The average molecular weight is 260 g/mol. The molecule has 19 heavy (non-hydrogen) atoms. The Labute approximate surface area is 105 Å². The number of carbonyl (C=O) groups excluding carboxylic acids is 1. The SMILES string of the molecule is NC(=O)c1ncn2c(=O)n(Cc3ccco3)nnc12. The lowest BCUT2D eigenvalue weighted by molar-refractivity contribution is 0.0997. The van der Waals surface area contributed by atoms with E-state index in [1.807, 2.05) is 0 Å². The zero-order chi connectivity index (χ0) is 13.4. The Hall–Kier alpha value is -2.97. The third-order valence-corrected chi connectivity index (χ3v) is 2.54. The smallest absolute Gasteiger partial charge is 0.353 e. The second-order valence-electron chi connectivity index (χ2n) is 3.76.